The Morgan fingerprint density at radius 3 is 1.98 bits per heavy atom. The molecule has 1 aliphatic rings. The molecule has 0 saturated carbocycles. The second-order valence-electron chi connectivity index (χ2n) is 10.7. The zero-order chi connectivity index (χ0) is 33.6. The molecule has 5 rings (SSSR count). The van der Waals surface area contributed by atoms with Crippen LogP contribution in [0.15, 0.2) is 101 Å². The number of carbonyl (C=O) groups is 2. The fourth-order valence-electron chi connectivity index (χ4n) is 5.52. The van der Waals surface area contributed by atoms with E-state index < -0.39 is 66.2 Å². The number of esters is 1. The second-order valence-corrected chi connectivity index (χ2v) is 10.7. The van der Waals surface area contributed by atoms with Crippen LogP contribution in [-0.4, -0.2) is 65.8 Å². The Labute approximate surface area is 268 Å². The van der Waals surface area contributed by atoms with Gasteiger partial charge in [0.1, 0.15) is 23.2 Å². The zero-order valence-electron chi connectivity index (χ0n) is 25.5. The van der Waals surface area contributed by atoms with E-state index in [9.17, 15) is 19.2 Å². The summed E-state index contributed by atoms with van der Waals surface area (Å²) in [5.41, 5.74) is -0.908. The predicted molar refractivity (Wildman–Crippen MR) is 165 cm³/mol. The lowest BCUT2D eigenvalue weighted by Crippen LogP contribution is -2.41. The first kappa shape index (κ1) is 33.1. The number of hydrogen-bond donors (Lipinski definition) is 2. The number of carboxylic acid groups (broad SMARTS) is 1. The summed E-state index contributed by atoms with van der Waals surface area (Å²) in [6, 6.07) is 24.7. The van der Waals surface area contributed by atoms with Crippen molar-refractivity contribution in [2.45, 2.75) is 43.1 Å². The van der Waals surface area contributed by atoms with Gasteiger partial charge >= 0.3 is 17.6 Å². The number of H-pyrrole nitrogens is 1. The summed E-state index contributed by atoms with van der Waals surface area (Å²) in [6.45, 7) is -0.362. The molecule has 47 heavy (non-hydrogen) atoms. The number of benzene rings is 3. The van der Waals surface area contributed by atoms with Crippen molar-refractivity contribution < 1.29 is 42.8 Å². The highest BCUT2D eigenvalue weighted by Gasteiger charge is 2.50. The second kappa shape index (κ2) is 14.4. The van der Waals surface area contributed by atoms with Gasteiger partial charge in [-0.2, -0.15) is 0 Å². The standard InChI is InChI=1S/C34H33FN2O10/c1-43-24-12-8-22(9-13-24)34(21-6-4-3-5-7-21,23-10-14-25(44-2)15-11-23)45-20-26-31(47-29(41)17-16-28(39)40)30(35)32(46-26)37-19-18-27(38)36-33(37)42/h3-15,18-19,26,30-32H,16-17,20H2,1-2H3,(H,39,40)(H,36,38,42). The van der Waals surface area contributed by atoms with Gasteiger partial charge in [0.05, 0.1) is 33.7 Å². The Morgan fingerprint density at radius 2 is 1.45 bits per heavy atom. The maximum Gasteiger partial charge on any atom is 0.330 e. The van der Waals surface area contributed by atoms with Crippen LogP contribution in [0, 0.1) is 0 Å². The number of aromatic amines is 1. The van der Waals surface area contributed by atoms with E-state index in [1.165, 1.54) is 0 Å². The molecule has 2 N–H and O–H groups in total. The molecule has 1 saturated heterocycles. The van der Waals surface area contributed by atoms with Gasteiger partial charge in [0.2, 0.25) is 0 Å². The summed E-state index contributed by atoms with van der Waals surface area (Å²) >= 11 is 0. The van der Waals surface area contributed by atoms with Gasteiger partial charge in [0, 0.05) is 12.3 Å². The lowest BCUT2D eigenvalue weighted by molar-refractivity contribution is -0.159. The summed E-state index contributed by atoms with van der Waals surface area (Å²) < 4.78 is 46.0. The SMILES string of the molecule is COc1ccc(C(OCC2OC(n3ccc(=O)[nH]c3=O)C(F)C2OC(=O)CCC(=O)O)(c2ccccc2)c2ccc(OC)cc2)cc1. The summed E-state index contributed by atoms with van der Waals surface area (Å²) in [7, 11) is 3.10. The summed E-state index contributed by atoms with van der Waals surface area (Å²) in [6.07, 6.45) is -6.52. The lowest BCUT2D eigenvalue weighted by Gasteiger charge is -2.37. The molecule has 0 amide bonds. The van der Waals surface area contributed by atoms with Gasteiger partial charge in [-0.3, -0.25) is 23.9 Å². The summed E-state index contributed by atoms with van der Waals surface area (Å²) in [4.78, 5) is 50.0. The first-order chi connectivity index (χ1) is 22.7. The molecule has 0 aliphatic carbocycles. The molecule has 2 heterocycles. The maximum atomic E-state index is 16.1. The third-order valence-electron chi connectivity index (χ3n) is 7.84. The molecule has 246 valence electrons. The molecular weight excluding hydrogens is 615 g/mol. The van der Waals surface area contributed by atoms with Crippen LogP contribution in [0.4, 0.5) is 4.39 Å². The van der Waals surface area contributed by atoms with Crippen LogP contribution in [0.5, 0.6) is 11.5 Å². The van der Waals surface area contributed by atoms with Gasteiger partial charge in [-0.05, 0) is 41.0 Å². The molecule has 1 aromatic heterocycles. The number of carboxylic acids is 1. The van der Waals surface area contributed by atoms with Gasteiger partial charge in [-0.1, -0.05) is 54.6 Å². The van der Waals surface area contributed by atoms with Gasteiger partial charge in [0.15, 0.2) is 18.5 Å². The summed E-state index contributed by atoms with van der Waals surface area (Å²) in [5, 5.41) is 9.03. The van der Waals surface area contributed by atoms with E-state index in [-0.39, 0.29) is 6.61 Å². The smallest absolute Gasteiger partial charge is 0.330 e. The first-order valence-corrected chi connectivity index (χ1v) is 14.7. The van der Waals surface area contributed by atoms with Gasteiger partial charge < -0.3 is 28.8 Å². The lowest BCUT2D eigenvalue weighted by atomic mass is 9.80. The number of carbonyl (C=O) groups excluding carboxylic acids is 1. The topological polar surface area (TPSA) is 155 Å². The molecule has 4 atom stereocenters. The Hall–Kier alpha value is -5.27. The number of hydrogen-bond acceptors (Lipinski definition) is 9. The normalized spacial score (nSPS) is 19.2. The minimum absolute atomic E-state index is 0.362. The van der Waals surface area contributed by atoms with Crippen molar-refractivity contribution in [3.05, 3.63) is 129 Å². The number of alkyl halides is 1. The molecule has 3 aromatic carbocycles. The van der Waals surface area contributed by atoms with Gasteiger partial charge in [-0.15, -0.1) is 0 Å². The minimum Gasteiger partial charge on any atom is -0.497 e. The van der Waals surface area contributed by atoms with E-state index in [4.69, 9.17) is 28.8 Å². The van der Waals surface area contributed by atoms with Crippen LogP contribution in [0.3, 0.4) is 0 Å². The molecule has 0 spiro atoms. The van der Waals surface area contributed by atoms with Gasteiger partial charge in [0.25, 0.3) is 5.56 Å². The van der Waals surface area contributed by atoms with Crippen molar-refractivity contribution in [2.24, 2.45) is 0 Å². The molecule has 1 aliphatic heterocycles. The number of aromatic nitrogens is 2. The van der Waals surface area contributed by atoms with E-state index in [2.05, 4.69) is 4.98 Å². The van der Waals surface area contributed by atoms with E-state index in [1.54, 1.807) is 38.5 Å². The summed E-state index contributed by atoms with van der Waals surface area (Å²) in [5.74, 6) is -0.993. The molecule has 0 bridgehead atoms. The van der Waals surface area contributed by atoms with E-state index in [0.717, 1.165) is 16.8 Å². The highest BCUT2D eigenvalue weighted by atomic mass is 19.1. The Balaban J connectivity index is 1.58. The molecule has 13 heteroatoms. The number of methoxy groups -OCH3 is 2. The Kier molecular flexibility index (Phi) is 10.2. The highest BCUT2D eigenvalue weighted by Crippen LogP contribution is 2.43. The van der Waals surface area contributed by atoms with Crippen molar-refractivity contribution in [3.63, 3.8) is 0 Å². The maximum absolute atomic E-state index is 16.1. The molecule has 1 fully saturated rings. The van der Waals surface area contributed by atoms with Crippen LogP contribution in [0.1, 0.15) is 35.8 Å². The molecule has 0 radical (unpaired) electrons. The monoisotopic (exact) mass is 648 g/mol. The molecule has 4 unspecified atom stereocenters. The van der Waals surface area contributed by atoms with Crippen molar-refractivity contribution in [1.29, 1.82) is 0 Å². The minimum atomic E-state index is -2.09. The number of nitrogens with one attached hydrogen (secondary N) is 1. The van der Waals surface area contributed by atoms with Crippen LogP contribution >= 0.6 is 0 Å². The van der Waals surface area contributed by atoms with Crippen LogP contribution in [-0.2, 0) is 29.4 Å². The fraction of sp³-hybridized carbons (Fsp3) is 0.294. The van der Waals surface area contributed by atoms with Crippen molar-refractivity contribution in [2.75, 3.05) is 20.8 Å². The average molecular weight is 649 g/mol. The van der Waals surface area contributed by atoms with Crippen LogP contribution in [0.25, 0.3) is 0 Å². The number of ether oxygens (including phenoxy) is 5. The van der Waals surface area contributed by atoms with E-state index in [0.29, 0.717) is 28.2 Å². The van der Waals surface area contributed by atoms with Crippen molar-refractivity contribution in [3.8, 4) is 11.5 Å². The van der Waals surface area contributed by atoms with Crippen molar-refractivity contribution >= 4 is 11.9 Å². The number of rotatable bonds is 13. The van der Waals surface area contributed by atoms with E-state index in [1.807, 2.05) is 54.6 Å². The fourth-order valence-corrected chi connectivity index (χ4v) is 5.52. The quantitative estimate of drug-likeness (QED) is 0.162. The average Bonchev–Trinajstić information content (AvgIpc) is 3.38. The van der Waals surface area contributed by atoms with Gasteiger partial charge in [-0.25, -0.2) is 9.18 Å². The van der Waals surface area contributed by atoms with E-state index >= 15 is 4.39 Å². The van der Waals surface area contributed by atoms with Crippen LogP contribution in [0.2, 0.25) is 0 Å². The predicted octanol–water partition coefficient (Wildman–Crippen LogP) is 3.57. The third kappa shape index (κ3) is 7.11. The number of nitrogens with zero attached hydrogens (tertiary/aromatic N) is 1. The van der Waals surface area contributed by atoms with Crippen molar-refractivity contribution in [1.82, 2.24) is 9.55 Å². The number of halogens is 1. The zero-order valence-corrected chi connectivity index (χ0v) is 25.5. The Bertz CT molecular complexity index is 1740. The number of aliphatic carboxylic acids is 1. The largest absolute Gasteiger partial charge is 0.497 e. The highest BCUT2D eigenvalue weighted by molar-refractivity contribution is 5.76. The molecular formula is C34H33FN2O10. The first-order valence-electron chi connectivity index (χ1n) is 14.7. The third-order valence-corrected chi connectivity index (χ3v) is 7.84. The Morgan fingerprint density at radius 1 is 0.872 bits per heavy atom. The molecule has 4 aromatic rings. The molecule has 12 nitrogen and oxygen atoms in total. The van der Waals surface area contributed by atoms with Crippen LogP contribution < -0.4 is 20.7 Å².